The monoisotopic (exact) mass is 320 g/mol. The first kappa shape index (κ1) is 13.5. The highest BCUT2D eigenvalue weighted by Gasteiger charge is 2.09. The van der Waals surface area contributed by atoms with Crippen LogP contribution in [0.25, 0.3) is 0 Å². The molecular weight excluding hydrogens is 308 g/mol. The minimum Gasteiger partial charge on any atom is -0.508 e. The van der Waals surface area contributed by atoms with Gasteiger partial charge < -0.3 is 10.4 Å². The van der Waals surface area contributed by atoms with E-state index >= 15 is 0 Å². The van der Waals surface area contributed by atoms with Gasteiger partial charge in [0.05, 0.1) is 5.56 Å². The first-order chi connectivity index (χ1) is 9.16. The minimum atomic E-state index is -0.154. The number of benzene rings is 1. The van der Waals surface area contributed by atoms with E-state index in [9.17, 15) is 4.79 Å². The third kappa shape index (κ3) is 3.79. The van der Waals surface area contributed by atoms with Crippen LogP contribution in [-0.4, -0.2) is 22.5 Å². The lowest BCUT2D eigenvalue weighted by molar-refractivity contribution is 0.0953. The number of hydrogen-bond donors (Lipinski definition) is 2. The van der Waals surface area contributed by atoms with E-state index in [0.29, 0.717) is 23.1 Å². The molecule has 0 spiro atoms. The normalized spacial score (nSPS) is 10.2. The van der Waals surface area contributed by atoms with Crippen LogP contribution in [0.3, 0.4) is 0 Å². The number of aromatic nitrogens is 1. The van der Waals surface area contributed by atoms with Gasteiger partial charge in [0.25, 0.3) is 5.91 Å². The molecule has 4 nitrogen and oxygen atoms in total. The molecule has 0 atom stereocenters. The fraction of sp³-hybridized carbons (Fsp3) is 0.143. The van der Waals surface area contributed by atoms with E-state index < -0.39 is 0 Å². The molecule has 0 aliphatic carbocycles. The largest absolute Gasteiger partial charge is 0.508 e. The number of carbonyl (C=O) groups excluding carboxylic acids is 1. The molecule has 5 heteroatoms. The molecule has 1 aromatic heterocycles. The van der Waals surface area contributed by atoms with Crippen molar-refractivity contribution >= 4 is 21.8 Å². The first-order valence-corrected chi connectivity index (χ1v) is 6.63. The molecule has 0 fully saturated rings. The lowest BCUT2D eigenvalue weighted by Crippen LogP contribution is -2.26. The van der Waals surface area contributed by atoms with Crippen molar-refractivity contribution in [3.63, 3.8) is 0 Å². The van der Waals surface area contributed by atoms with Gasteiger partial charge in [0.1, 0.15) is 10.4 Å². The van der Waals surface area contributed by atoms with Gasteiger partial charge in [-0.15, -0.1) is 0 Å². The SMILES string of the molecule is O=C(NCCc1ccc(O)cc1)c1cccnc1Br. The average Bonchev–Trinajstić information content (AvgIpc) is 2.41. The maximum Gasteiger partial charge on any atom is 0.254 e. The molecule has 2 N–H and O–H groups in total. The standard InChI is InChI=1S/C14H13BrN2O2/c15-13-12(2-1-8-16-13)14(19)17-9-7-10-3-5-11(18)6-4-10/h1-6,8,18H,7,9H2,(H,17,19). The van der Waals surface area contributed by atoms with Crippen LogP contribution in [0.2, 0.25) is 0 Å². The summed E-state index contributed by atoms with van der Waals surface area (Å²) in [5, 5.41) is 12.0. The van der Waals surface area contributed by atoms with Crippen molar-refractivity contribution in [1.29, 1.82) is 0 Å². The van der Waals surface area contributed by atoms with E-state index in [1.807, 2.05) is 12.1 Å². The second-order valence-electron chi connectivity index (χ2n) is 4.01. The molecule has 0 saturated heterocycles. The Hall–Kier alpha value is -1.88. The van der Waals surface area contributed by atoms with E-state index in [1.165, 1.54) is 0 Å². The number of amides is 1. The fourth-order valence-electron chi connectivity index (χ4n) is 1.63. The van der Waals surface area contributed by atoms with E-state index in [2.05, 4.69) is 26.2 Å². The zero-order valence-electron chi connectivity index (χ0n) is 10.1. The molecule has 2 rings (SSSR count). The highest BCUT2D eigenvalue weighted by atomic mass is 79.9. The first-order valence-electron chi connectivity index (χ1n) is 5.83. The summed E-state index contributed by atoms with van der Waals surface area (Å²) in [7, 11) is 0. The molecule has 0 radical (unpaired) electrons. The molecule has 0 aliphatic heterocycles. The topological polar surface area (TPSA) is 62.2 Å². The van der Waals surface area contributed by atoms with Gasteiger partial charge in [-0.25, -0.2) is 4.98 Å². The number of phenolic OH excluding ortho intramolecular Hbond substituents is 1. The molecule has 0 bridgehead atoms. The van der Waals surface area contributed by atoms with Crippen LogP contribution in [0.5, 0.6) is 5.75 Å². The van der Waals surface area contributed by atoms with Crippen molar-refractivity contribution in [1.82, 2.24) is 10.3 Å². The van der Waals surface area contributed by atoms with Crippen LogP contribution in [0.1, 0.15) is 15.9 Å². The quantitative estimate of drug-likeness (QED) is 0.851. The average molecular weight is 321 g/mol. The number of nitrogens with one attached hydrogen (secondary N) is 1. The number of nitrogens with zero attached hydrogens (tertiary/aromatic N) is 1. The van der Waals surface area contributed by atoms with E-state index in [4.69, 9.17) is 5.11 Å². The van der Waals surface area contributed by atoms with E-state index in [0.717, 1.165) is 5.56 Å². The van der Waals surface area contributed by atoms with Gasteiger partial charge in [0.15, 0.2) is 0 Å². The summed E-state index contributed by atoms with van der Waals surface area (Å²) in [4.78, 5) is 15.9. The predicted octanol–water partition coefficient (Wildman–Crippen LogP) is 2.52. The molecule has 1 amide bonds. The van der Waals surface area contributed by atoms with Gasteiger partial charge in [-0.2, -0.15) is 0 Å². The van der Waals surface area contributed by atoms with Crippen LogP contribution < -0.4 is 5.32 Å². The Kier molecular flexibility index (Phi) is 4.52. The Morgan fingerprint density at radius 1 is 1.26 bits per heavy atom. The highest BCUT2D eigenvalue weighted by Crippen LogP contribution is 2.12. The van der Waals surface area contributed by atoms with Crippen molar-refractivity contribution in [2.24, 2.45) is 0 Å². The van der Waals surface area contributed by atoms with Gasteiger partial charge in [0.2, 0.25) is 0 Å². The third-order valence-corrected chi connectivity index (χ3v) is 3.27. The zero-order valence-corrected chi connectivity index (χ0v) is 11.7. The molecular formula is C14H13BrN2O2. The lowest BCUT2D eigenvalue weighted by Gasteiger charge is -2.06. The van der Waals surface area contributed by atoms with Crippen molar-refractivity contribution in [2.45, 2.75) is 6.42 Å². The molecule has 0 unspecified atom stereocenters. The van der Waals surface area contributed by atoms with Gasteiger partial charge in [-0.05, 0) is 52.2 Å². The predicted molar refractivity (Wildman–Crippen MR) is 76.1 cm³/mol. The Bertz CT molecular complexity index is 570. The van der Waals surface area contributed by atoms with Gasteiger partial charge in [0, 0.05) is 12.7 Å². The molecule has 19 heavy (non-hydrogen) atoms. The number of phenols is 1. The van der Waals surface area contributed by atoms with Gasteiger partial charge in [-0.1, -0.05) is 12.1 Å². The Morgan fingerprint density at radius 3 is 2.68 bits per heavy atom. The Morgan fingerprint density at radius 2 is 2.00 bits per heavy atom. The van der Waals surface area contributed by atoms with Crippen molar-refractivity contribution in [3.8, 4) is 5.75 Å². The fourth-order valence-corrected chi connectivity index (χ4v) is 2.06. The Labute approximate surface area is 119 Å². The number of halogens is 1. The Balaban J connectivity index is 1.88. The summed E-state index contributed by atoms with van der Waals surface area (Å²) < 4.78 is 0.539. The second-order valence-corrected chi connectivity index (χ2v) is 4.77. The summed E-state index contributed by atoms with van der Waals surface area (Å²) in [5.41, 5.74) is 1.58. The maximum atomic E-state index is 11.9. The molecule has 0 saturated carbocycles. The molecule has 1 heterocycles. The van der Waals surface area contributed by atoms with Crippen LogP contribution >= 0.6 is 15.9 Å². The summed E-state index contributed by atoms with van der Waals surface area (Å²) >= 11 is 3.24. The van der Waals surface area contributed by atoms with Crippen LogP contribution in [0.15, 0.2) is 47.2 Å². The second kappa shape index (κ2) is 6.33. The van der Waals surface area contributed by atoms with E-state index in [1.54, 1.807) is 30.5 Å². The number of carbonyl (C=O) groups is 1. The van der Waals surface area contributed by atoms with E-state index in [-0.39, 0.29) is 11.7 Å². The van der Waals surface area contributed by atoms with Crippen LogP contribution in [-0.2, 0) is 6.42 Å². The van der Waals surface area contributed by atoms with Gasteiger partial charge >= 0.3 is 0 Å². The summed E-state index contributed by atoms with van der Waals surface area (Å²) in [6.07, 6.45) is 2.33. The zero-order chi connectivity index (χ0) is 13.7. The molecule has 1 aromatic carbocycles. The summed E-state index contributed by atoms with van der Waals surface area (Å²) in [6.45, 7) is 0.533. The number of hydrogen-bond acceptors (Lipinski definition) is 3. The molecule has 98 valence electrons. The van der Waals surface area contributed by atoms with Crippen molar-refractivity contribution in [2.75, 3.05) is 6.54 Å². The smallest absolute Gasteiger partial charge is 0.254 e. The summed E-state index contributed by atoms with van der Waals surface area (Å²) in [6, 6.07) is 10.4. The molecule has 0 aliphatic rings. The highest BCUT2D eigenvalue weighted by molar-refractivity contribution is 9.10. The van der Waals surface area contributed by atoms with Crippen LogP contribution in [0.4, 0.5) is 0 Å². The number of aromatic hydroxyl groups is 1. The number of pyridine rings is 1. The minimum absolute atomic E-state index is 0.154. The maximum absolute atomic E-state index is 11.9. The number of rotatable bonds is 4. The van der Waals surface area contributed by atoms with Gasteiger partial charge in [-0.3, -0.25) is 4.79 Å². The van der Waals surface area contributed by atoms with Crippen LogP contribution in [0, 0.1) is 0 Å². The summed E-state index contributed by atoms with van der Waals surface area (Å²) in [5.74, 6) is 0.0887. The molecule has 2 aromatic rings. The van der Waals surface area contributed by atoms with Crippen molar-refractivity contribution < 1.29 is 9.90 Å². The van der Waals surface area contributed by atoms with Crippen molar-refractivity contribution in [3.05, 3.63) is 58.3 Å². The third-order valence-electron chi connectivity index (χ3n) is 2.64. The lowest BCUT2D eigenvalue weighted by atomic mass is 10.1.